The van der Waals surface area contributed by atoms with E-state index in [1.807, 2.05) is 18.2 Å². The van der Waals surface area contributed by atoms with Gasteiger partial charge in [-0.3, -0.25) is 34.2 Å². The van der Waals surface area contributed by atoms with Crippen LogP contribution in [0.5, 0.6) is 0 Å². The number of likely N-dealkylation sites (tertiary alicyclic amines) is 1. The summed E-state index contributed by atoms with van der Waals surface area (Å²) >= 11 is 0. The predicted octanol–water partition coefficient (Wildman–Crippen LogP) is 0.898. The third kappa shape index (κ3) is 5.81. The van der Waals surface area contributed by atoms with E-state index in [0.29, 0.717) is 41.0 Å². The number of amides is 4. The van der Waals surface area contributed by atoms with Gasteiger partial charge in [0.25, 0.3) is 11.5 Å². The number of primary amides is 1. The minimum Gasteiger partial charge on any atom is -0.370 e. The second-order valence-corrected chi connectivity index (χ2v) is 14.4. The number of carbonyl (C=O) groups is 4. The molecule has 1 atom stereocenters. The molecule has 1 unspecified atom stereocenters. The van der Waals surface area contributed by atoms with Crippen LogP contribution in [0.3, 0.4) is 0 Å². The number of hydrogen-bond acceptors (Lipinski definition) is 10. The Hall–Kier alpha value is -4.85. The summed E-state index contributed by atoms with van der Waals surface area (Å²) in [6.45, 7) is 6.80. The Morgan fingerprint density at radius 3 is 2.22 bits per heavy atom. The molecule has 4 aliphatic heterocycles. The molecule has 8 rings (SSSR count). The Balaban J connectivity index is 0.807. The Bertz CT molecular complexity index is 1860. The monoisotopic (exact) mass is 667 g/mol. The summed E-state index contributed by atoms with van der Waals surface area (Å²) in [6.07, 6.45) is 4.87. The molecule has 5 aliphatic rings. The molecule has 1 aliphatic carbocycles. The topological polar surface area (TPSA) is 167 Å². The Morgan fingerprint density at radius 1 is 0.857 bits per heavy atom. The van der Waals surface area contributed by atoms with Crippen molar-refractivity contribution in [2.24, 2.45) is 17.1 Å². The molecule has 0 bridgehead atoms. The highest BCUT2D eigenvalue weighted by Crippen LogP contribution is 2.51. The number of hydrogen-bond donors (Lipinski definition) is 2. The molecule has 1 saturated carbocycles. The van der Waals surface area contributed by atoms with Crippen LogP contribution in [0.15, 0.2) is 47.3 Å². The minimum atomic E-state index is -0.872. The summed E-state index contributed by atoms with van der Waals surface area (Å²) in [5, 5.41) is 10.7. The van der Waals surface area contributed by atoms with Crippen molar-refractivity contribution < 1.29 is 19.2 Å². The predicted molar refractivity (Wildman–Crippen MR) is 181 cm³/mol. The van der Waals surface area contributed by atoms with Crippen LogP contribution in [0, 0.1) is 11.3 Å². The highest BCUT2D eigenvalue weighted by Gasteiger charge is 2.49. The van der Waals surface area contributed by atoms with Crippen LogP contribution >= 0.6 is 0 Å². The Morgan fingerprint density at radius 2 is 1.55 bits per heavy atom. The summed E-state index contributed by atoms with van der Waals surface area (Å²) in [7, 11) is 0. The summed E-state index contributed by atoms with van der Waals surface area (Å²) in [5.74, 6) is -1.16. The molecule has 1 spiro atoms. The number of benzene rings is 2. The Kier molecular flexibility index (Phi) is 7.85. The van der Waals surface area contributed by atoms with E-state index in [1.54, 1.807) is 24.3 Å². The van der Waals surface area contributed by atoms with E-state index in [4.69, 9.17) is 5.73 Å². The SMILES string of the molecule is NC(=O)c1ccc(N2CCN(C3CC4(CCN(C(=O)C5CN(c6ccc7nnn(C8CCC(=O)NC8=O)c(=O)c7c6)C5)CC4)C3)CC2)cc1. The summed E-state index contributed by atoms with van der Waals surface area (Å²) in [5.41, 5.74) is 8.23. The average molecular weight is 668 g/mol. The lowest BCUT2D eigenvalue weighted by molar-refractivity contribution is -0.141. The van der Waals surface area contributed by atoms with E-state index >= 15 is 0 Å². The van der Waals surface area contributed by atoms with E-state index in [-0.39, 0.29) is 30.6 Å². The molecular formula is C35H41N9O5. The molecule has 3 aromatic rings. The van der Waals surface area contributed by atoms with E-state index in [2.05, 4.69) is 35.2 Å². The smallest absolute Gasteiger partial charge is 0.278 e. The second kappa shape index (κ2) is 12.2. The van der Waals surface area contributed by atoms with Crippen LogP contribution in [0.2, 0.25) is 0 Å². The van der Waals surface area contributed by atoms with E-state index < -0.39 is 23.4 Å². The van der Waals surface area contributed by atoms with Crippen molar-refractivity contribution in [1.29, 1.82) is 0 Å². The lowest BCUT2D eigenvalue weighted by Crippen LogP contribution is -2.60. The van der Waals surface area contributed by atoms with Gasteiger partial charge >= 0.3 is 0 Å². The maximum Gasteiger partial charge on any atom is 0.278 e. The van der Waals surface area contributed by atoms with Crippen molar-refractivity contribution in [2.75, 3.05) is 62.2 Å². The number of nitrogens with zero attached hydrogens (tertiary/aromatic N) is 7. The van der Waals surface area contributed by atoms with Gasteiger partial charge < -0.3 is 20.4 Å². The molecule has 3 N–H and O–H groups in total. The molecule has 49 heavy (non-hydrogen) atoms. The number of piperazine rings is 1. The van der Waals surface area contributed by atoms with Crippen molar-refractivity contribution in [2.45, 2.75) is 50.6 Å². The lowest BCUT2D eigenvalue weighted by Gasteiger charge is -2.56. The molecule has 4 saturated heterocycles. The van der Waals surface area contributed by atoms with Crippen molar-refractivity contribution in [3.63, 3.8) is 0 Å². The van der Waals surface area contributed by atoms with E-state index in [1.165, 1.54) is 12.8 Å². The first-order chi connectivity index (χ1) is 23.7. The first-order valence-electron chi connectivity index (χ1n) is 17.3. The zero-order valence-corrected chi connectivity index (χ0v) is 27.4. The van der Waals surface area contributed by atoms with Gasteiger partial charge in [0.05, 0.1) is 11.3 Å². The number of carbonyl (C=O) groups excluding carboxylic acids is 4. The van der Waals surface area contributed by atoms with Gasteiger partial charge in [-0.1, -0.05) is 5.21 Å². The fourth-order valence-electron chi connectivity index (χ4n) is 8.45. The zero-order chi connectivity index (χ0) is 33.9. The van der Waals surface area contributed by atoms with E-state index in [9.17, 15) is 24.0 Å². The first kappa shape index (κ1) is 31.4. The van der Waals surface area contributed by atoms with Crippen LogP contribution < -0.4 is 26.4 Å². The first-order valence-corrected chi connectivity index (χ1v) is 17.3. The largest absolute Gasteiger partial charge is 0.370 e. The second-order valence-electron chi connectivity index (χ2n) is 14.4. The highest BCUT2D eigenvalue weighted by atomic mass is 16.2. The number of anilines is 2. The molecular weight excluding hydrogens is 626 g/mol. The molecule has 5 heterocycles. The molecule has 5 fully saturated rings. The number of nitrogens with one attached hydrogen (secondary N) is 1. The van der Waals surface area contributed by atoms with E-state index in [0.717, 1.165) is 68.2 Å². The van der Waals surface area contributed by atoms with Gasteiger partial charge in [0, 0.05) is 81.8 Å². The minimum absolute atomic E-state index is 0.0714. The molecule has 0 radical (unpaired) electrons. The molecule has 14 nitrogen and oxygen atoms in total. The average Bonchev–Trinajstić information content (AvgIpc) is 3.07. The zero-order valence-electron chi connectivity index (χ0n) is 27.4. The molecule has 1 aromatic heterocycles. The van der Waals surface area contributed by atoms with Crippen LogP contribution in [0.4, 0.5) is 11.4 Å². The summed E-state index contributed by atoms with van der Waals surface area (Å²) in [4.78, 5) is 71.2. The number of nitrogens with two attached hydrogens (primary N) is 1. The lowest BCUT2D eigenvalue weighted by atomic mass is 9.60. The summed E-state index contributed by atoms with van der Waals surface area (Å²) < 4.78 is 1.07. The number of rotatable bonds is 6. The highest BCUT2D eigenvalue weighted by molar-refractivity contribution is 5.99. The van der Waals surface area contributed by atoms with Crippen LogP contribution in [0.1, 0.15) is 54.9 Å². The van der Waals surface area contributed by atoms with Crippen molar-refractivity contribution in [3.05, 3.63) is 58.4 Å². The maximum absolute atomic E-state index is 13.5. The van der Waals surface area contributed by atoms with Crippen LogP contribution in [-0.2, 0) is 14.4 Å². The number of piperidine rings is 2. The van der Waals surface area contributed by atoms with Crippen LogP contribution in [-0.4, -0.2) is 107 Å². The number of aromatic nitrogens is 3. The fourth-order valence-corrected chi connectivity index (χ4v) is 8.45. The van der Waals surface area contributed by atoms with Crippen LogP contribution in [0.25, 0.3) is 10.9 Å². The van der Waals surface area contributed by atoms with Gasteiger partial charge in [-0.15, -0.1) is 5.10 Å². The van der Waals surface area contributed by atoms with Gasteiger partial charge in [-0.25, -0.2) is 0 Å². The summed E-state index contributed by atoms with van der Waals surface area (Å²) in [6, 6.07) is 12.7. The normalized spacial score (nSPS) is 23.3. The van der Waals surface area contributed by atoms with Gasteiger partial charge in [-0.2, -0.15) is 4.68 Å². The number of fused-ring (bicyclic) bond motifs is 1. The van der Waals surface area contributed by atoms with Crippen molar-refractivity contribution in [3.8, 4) is 0 Å². The quantitative estimate of drug-likeness (QED) is 0.361. The maximum atomic E-state index is 13.5. The van der Waals surface area contributed by atoms with Crippen molar-refractivity contribution in [1.82, 2.24) is 30.1 Å². The van der Waals surface area contributed by atoms with Gasteiger partial charge in [0.15, 0.2) is 0 Å². The van der Waals surface area contributed by atoms with Gasteiger partial charge in [0.2, 0.25) is 17.7 Å². The molecule has 14 heteroatoms. The number of imide groups is 1. The van der Waals surface area contributed by atoms with Crippen molar-refractivity contribution >= 4 is 45.9 Å². The third-order valence-electron chi connectivity index (χ3n) is 11.6. The Labute approximate surface area is 283 Å². The molecule has 2 aromatic carbocycles. The standard InChI is InChI=1S/C35H41N9O5/c36-31(46)22-1-3-24(4-2-22)40-13-15-41(16-14-40)26-18-35(19-26)9-11-42(12-10-35)33(48)23-20-43(21-23)25-5-6-28-27(17-25)34(49)44(39-38-28)29-7-8-30(45)37-32(29)47/h1-6,17,23,26,29H,7-16,18-21H2,(H2,36,46)(H,37,45,47). The molecule has 256 valence electrons. The van der Waals surface area contributed by atoms with Gasteiger partial charge in [-0.05, 0) is 80.0 Å². The van der Waals surface area contributed by atoms with Gasteiger partial charge in [0.1, 0.15) is 11.6 Å². The third-order valence-corrected chi connectivity index (χ3v) is 11.6. The molecule has 4 amide bonds. The fraction of sp³-hybridized carbons (Fsp3) is 0.514.